The molecule has 1 unspecified atom stereocenters. The number of alkyl halides is 2. The van der Waals surface area contributed by atoms with Crippen molar-refractivity contribution in [3.63, 3.8) is 0 Å². The van der Waals surface area contributed by atoms with Gasteiger partial charge in [0.2, 0.25) is 0 Å². The standard InChI is InChI=1S/C31H31F3N2O2/c1-20(37)31(33,34)25-13-7-22(8-14-25)18-27(38)17-21-5-9-23(10-6-21)28-19-35-36(30(2,3)4)29(28)24-11-15-26(32)16-12-24/h5-16,19-20,37H,17-18H2,1-4H3. The Morgan fingerprint density at radius 1 is 0.868 bits per heavy atom. The highest BCUT2D eigenvalue weighted by molar-refractivity contribution is 5.84. The molecule has 0 amide bonds. The molecule has 3 aromatic carbocycles. The number of ketones is 1. The maximum atomic E-state index is 14.0. The van der Waals surface area contributed by atoms with Crippen LogP contribution in [0, 0.1) is 5.82 Å². The lowest BCUT2D eigenvalue weighted by Crippen LogP contribution is -2.27. The summed E-state index contributed by atoms with van der Waals surface area (Å²) in [6, 6.07) is 19.5. The van der Waals surface area contributed by atoms with Gasteiger partial charge in [-0.2, -0.15) is 13.9 Å². The average molecular weight is 521 g/mol. The minimum atomic E-state index is -3.34. The molecule has 0 spiro atoms. The molecule has 0 bridgehead atoms. The average Bonchev–Trinajstić information content (AvgIpc) is 3.31. The maximum absolute atomic E-state index is 14.0. The highest BCUT2D eigenvalue weighted by Crippen LogP contribution is 2.36. The Bertz CT molecular complexity index is 1400. The number of carbonyl (C=O) groups is 1. The van der Waals surface area contributed by atoms with Crippen LogP contribution in [0.5, 0.6) is 0 Å². The topological polar surface area (TPSA) is 55.1 Å². The smallest absolute Gasteiger partial charge is 0.298 e. The molecule has 0 fully saturated rings. The summed E-state index contributed by atoms with van der Waals surface area (Å²) in [6.45, 7) is 7.20. The van der Waals surface area contributed by atoms with Gasteiger partial charge in [0.05, 0.1) is 17.4 Å². The van der Waals surface area contributed by atoms with Crippen LogP contribution < -0.4 is 0 Å². The summed E-state index contributed by atoms with van der Waals surface area (Å²) < 4.78 is 43.5. The lowest BCUT2D eigenvalue weighted by Gasteiger charge is -2.23. The molecule has 1 aromatic heterocycles. The quantitative estimate of drug-likeness (QED) is 0.274. The van der Waals surface area contributed by atoms with Crippen LogP contribution in [0.3, 0.4) is 0 Å². The first-order valence-electron chi connectivity index (χ1n) is 12.5. The number of nitrogens with zero attached hydrogens (tertiary/aromatic N) is 2. The van der Waals surface area contributed by atoms with Gasteiger partial charge in [0.15, 0.2) is 0 Å². The van der Waals surface area contributed by atoms with Crippen molar-refractivity contribution in [2.24, 2.45) is 0 Å². The summed E-state index contributed by atoms with van der Waals surface area (Å²) in [5.41, 5.74) is 4.45. The fraction of sp³-hybridized carbons (Fsp3) is 0.290. The largest absolute Gasteiger partial charge is 0.387 e. The predicted molar refractivity (Wildman–Crippen MR) is 142 cm³/mol. The summed E-state index contributed by atoms with van der Waals surface area (Å²) in [4.78, 5) is 12.7. The van der Waals surface area contributed by atoms with Crippen LogP contribution in [0.25, 0.3) is 22.4 Å². The number of hydrogen-bond donors (Lipinski definition) is 1. The third-order valence-corrected chi connectivity index (χ3v) is 6.45. The van der Waals surface area contributed by atoms with Crippen LogP contribution in [0.4, 0.5) is 13.2 Å². The van der Waals surface area contributed by atoms with Gasteiger partial charge in [0.1, 0.15) is 17.7 Å². The van der Waals surface area contributed by atoms with E-state index < -0.39 is 12.0 Å². The molecule has 0 saturated heterocycles. The Hall–Kier alpha value is -3.71. The summed E-state index contributed by atoms with van der Waals surface area (Å²) in [6.07, 6.45) is 0.329. The Balaban J connectivity index is 1.51. The van der Waals surface area contributed by atoms with Gasteiger partial charge in [-0.05, 0) is 68.7 Å². The van der Waals surface area contributed by atoms with E-state index in [0.29, 0.717) is 5.56 Å². The van der Waals surface area contributed by atoms with Gasteiger partial charge in [-0.1, -0.05) is 48.5 Å². The van der Waals surface area contributed by atoms with Crippen molar-refractivity contribution in [3.8, 4) is 22.4 Å². The van der Waals surface area contributed by atoms with Crippen LogP contribution >= 0.6 is 0 Å². The molecule has 1 N–H and O–H groups in total. The summed E-state index contributed by atoms with van der Waals surface area (Å²) in [5, 5.41) is 13.9. The molecule has 198 valence electrons. The second-order valence-electron chi connectivity index (χ2n) is 10.6. The van der Waals surface area contributed by atoms with Crippen LogP contribution in [0.2, 0.25) is 0 Å². The van der Waals surface area contributed by atoms with Gasteiger partial charge in [-0.25, -0.2) is 4.39 Å². The summed E-state index contributed by atoms with van der Waals surface area (Å²) in [7, 11) is 0. The number of hydrogen-bond acceptors (Lipinski definition) is 3. The zero-order valence-corrected chi connectivity index (χ0v) is 21.9. The lowest BCUT2D eigenvalue weighted by atomic mass is 9.96. The number of aliphatic hydroxyl groups is 1. The van der Waals surface area contributed by atoms with E-state index in [4.69, 9.17) is 0 Å². The zero-order valence-electron chi connectivity index (χ0n) is 21.9. The number of rotatable bonds is 8. The van der Waals surface area contributed by atoms with E-state index in [0.717, 1.165) is 34.9 Å². The molecule has 0 aliphatic rings. The number of benzene rings is 3. The van der Waals surface area contributed by atoms with Crippen molar-refractivity contribution >= 4 is 5.78 Å². The van der Waals surface area contributed by atoms with Crippen LogP contribution in [-0.2, 0) is 29.1 Å². The van der Waals surface area contributed by atoms with Crippen molar-refractivity contribution in [2.45, 2.75) is 58.1 Å². The van der Waals surface area contributed by atoms with Crippen LogP contribution in [0.15, 0.2) is 79.0 Å². The molecule has 0 radical (unpaired) electrons. The van der Waals surface area contributed by atoms with E-state index in [1.807, 2.05) is 28.9 Å². The summed E-state index contributed by atoms with van der Waals surface area (Å²) in [5.74, 6) is -3.69. The van der Waals surface area contributed by atoms with E-state index in [9.17, 15) is 23.1 Å². The molecule has 38 heavy (non-hydrogen) atoms. The molecular formula is C31H31F3N2O2. The van der Waals surface area contributed by atoms with Gasteiger partial charge in [-0.15, -0.1) is 0 Å². The van der Waals surface area contributed by atoms with Gasteiger partial charge in [0, 0.05) is 29.5 Å². The zero-order chi connectivity index (χ0) is 27.7. The second-order valence-corrected chi connectivity index (χ2v) is 10.6. The highest BCUT2D eigenvalue weighted by Gasteiger charge is 2.37. The molecule has 0 aliphatic carbocycles. The monoisotopic (exact) mass is 520 g/mol. The van der Waals surface area contributed by atoms with E-state index >= 15 is 0 Å². The minimum Gasteiger partial charge on any atom is -0.387 e. The second kappa shape index (κ2) is 10.6. The fourth-order valence-electron chi connectivity index (χ4n) is 4.36. The van der Waals surface area contributed by atoms with Gasteiger partial charge < -0.3 is 5.11 Å². The van der Waals surface area contributed by atoms with Gasteiger partial charge in [-0.3, -0.25) is 9.48 Å². The minimum absolute atomic E-state index is 0.0414. The molecule has 4 rings (SSSR count). The van der Waals surface area contributed by atoms with Crippen molar-refractivity contribution in [1.82, 2.24) is 9.78 Å². The lowest BCUT2D eigenvalue weighted by molar-refractivity contribution is -0.117. The molecule has 1 heterocycles. The van der Waals surface area contributed by atoms with Crippen LogP contribution in [0.1, 0.15) is 44.4 Å². The Labute approximate surface area is 220 Å². The molecule has 7 heteroatoms. The molecule has 4 aromatic rings. The summed E-state index contributed by atoms with van der Waals surface area (Å²) >= 11 is 0. The Kier molecular flexibility index (Phi) is 7.61. The predicted octanol–water partition coefficient (Wildman–Crippen LogP) is 6.94. The molecule has 1 atom stereocenters. The van der Waals surface area contributed by atoms with Crippen molar-refractivity contribution in [3.05, 3.63) is 102 Å². The molecule has 0 aliphatic heterocycles. The fourth-order valence-corrected chi connectivity index (χ4v) is 4.36. The van der Waals surface area contributed by atoms with Crippen molar-refractivity contribution in [1.29, 1.82) is 0 Å². The third kappa shape index (κ3) is 5.89. The van der Waals surface area contributed by atoms with Crippen molar-refractivity contribution in [2.75, 3.05) is 0 Å². The number of aromatic nitrogens is 2. The van der Waals surface area contributed by atoms with Gasteiger partial charge >= 0.3 is 0 Å². The molecule has 0 saturated carbocycles. The number of carbonyl (C=O) groups excluding carboxylic acids is 1. The van der Waals surface area contributed by atoms with E-state index in [2.05, 4.69) is 25.9 Å². The number of Topliss-reactive ketones (excluding diaryl/α,β-unsaturated/α-hetero) is 1. The first kappa shape index (κ1) is 27.3. The Morgan fingerprint density at radius 3 is 1.87 bits per heavy atom. The molecular weight excluding hydrogens is 489 g/mol. The van der Waals surface area contributed by atoms with E-state index in [1.165, 1.54) is 36.4 Å². The number of aliphatic hydroxyl groups excluding tert-OH is 1. The maximum Gasteiger partial charge on any atom is 0.298 e. The van der Waals surface area contributed by atoms with Gasteiger partial charge in [0.25, 0.3) is 5.92 Å². The normalized spacial score (nSPS) is 12.9. The van der Waals surface area contributed by atoms with E-state index in [1.54, 1.807) is 18.3 Å². The third-order valence-electron chi connectivity index (χ3n) is 6.45. The highest BCUT2D eigenvalue weighted by atomic mass is 19.3. The first-order valence-corrected chi connectivity index (χ1v) is 12.5. The SMILES string of the molecule is CC(O)C(F)(F)c1ccc(CC(=O)Cc2ccc(-c3cnn(C(C)(C)C)c3-c3ccc(F)cc3)cc2)cc1. The van der Waals surface area contributed by atoms with E-state index in [-0.39, 0.29) is 35.5 Å². The Morgan fingerprint density at radius 2 is 1.37 bits per heavy atom. The first-order chi connectivity index (χ1) is 17.9. The number of halogens is 3. The molecule has 4 nitrogen and oxygen atoms in total. The van der Waals surface area contributed by atoms with Crippen LogP contribution in [-0.4, -0.2) is 26.8 Å². The van der Waals surface area contributed by atoms with Crippen molar-refractivity contribution < 1.29 is 23.1 Å².